The standard InChI is InChI=1S/C19H21N3O4/c1-3-26-17-8-4-14(5-9-17)12-21-22-18(23)13-20-19(24)15-6-10-16(25-2)11-7-15/h4-12H,3,13H2,1-2H3,(H,20,24)(H,22,23)/b21-12+. The van der Waals surface area contributed by atoms with Gasteiger partial charge >= 0.3 is 0 Å². The number of methoxy groups -OCH3 is 1. The van der Waals surface area contributed by atoms with Crippen LogP contribution in [-0.4, -0.2) is 38.3 Å². The number of amides is 2. The van der Waals surface area contributed by atoms with Crippen LogP contribution in [0.15, 0.2) is 53.6 Å². The molecule has 0 bridgehead atoms. The Labute approximate surface area is 152 Å². The zero-order valence-electron chi connectivity index (χ0n) is 14.7. The minimum Gasteiger partial charge on any atom is -0.497 e. The molecule has 0 saturated heterocycles. The van der Waals surface area contributed by atoms with Crippen molar-refractivity contribution in [2.75, 3.05) is 20.3 Å². The average Bonchev–Trinajstić information content (AvgIpc) is 2.68. The summed E-state index contributed by atoms with van der Waals surface area (Å²) in [5.41, 5.74) is 3.62. The van der Waals surface area contributed by atoms with Gasteiger partial charge in [-0.3, -0.25) is 9.59 Å². The van der Waals surface area contributed by atoms with Crippen molar-refractivity contribution in [1.82, 2.24) is 10.7 Å². The number of rotatable bonds is 8. The van der Waals surface area contributed by atoms with Gasteiger partial charge in [-0.1, -0.05) is 0 Å². The summed E-state index contributed by atoms with van der Waals surface area (Å²) < 4.78 is 10.4. The maximum atomic E-state index is 11.9. The third-order valence-electron chi connectivity index (χ3n) is 3.36. The van der Waals surface area contributed by atoms with E-state index in [1.165, 1.54) is 6.21 Å². The molecule has 7 heteroatoms. The van der Waals surface area contributed by atoms with Crippen LogP contribution in [0.5, 0.6) is 11.5 Å². The van der Waals surface area contributed by atoms with E-state index in [0.717, 1.165) is 11.3 Å². The van der Waals surface area contributed by atoms with Crippen molar-refractivity contribution in [2.45, 2.75) is 6.92 Å². The van der Waals surface area contributed by atoms with Crippen LogP contribution in [0.2, 0.25) is 0 Å². The predicted octanol–water partition coefficient (Wildman–Crippen LogP) is 1.97. The van der Waals surface area contributed by atoms with Crippen LogP contribution >= 0.6 is 0 Å². The summed E-state index contributed by atoms with van der Waals surface area (Å²) in [6.45, 7) is 2.34. The maximum Gasteiger partial charge on any atom is 0.259 e. The molecule has 2 aromatic rings. The Balaban J connectivity index is 1.76. The van der Waals surface area contributed by atoms with Crippen molar-refractivity contribution >= 4 is 18.0 Å². The molecule has 136 valence electrons. The topological polar surface area (TPSA) is 89.0 Å². The largest absolute Gasteiger partial charge is 0.497 e. The number of benzene rings is 2. The molecule has 2 rings (SSSR count). The number of carbonyl (C=O) groups excluding carboxylic acids is 2. The molecule has 0 aliphatic carbocycles. The van der Waals surface area contributed by atoms with E-state index in [-0.39, 0.29) is 12.5 Å². The normalized spacial score (nSPS) is 10.4. The monoisotopic (exact) mass is 355 g/mol. The molecule has 0 saturated carbocycles. The molecule has 2 N–H and O–H groups in total. The fourth-order valence-electron chi connectivity index (χ4n) is 2.04. The Hall–Kier alpha value is -3.35. The quantitative estimate of drug-likeness (QED) is 0.560. The fraction of sp³-hybridized carbons (Fsp3) is 0.211. The van der Waals surface area contributed by atoms with E-state index in [2.05, 4.69) is 15.8 Å². The molecule has 0 unspecified atom stereocenters. The average molecular weight is 355 g/mol. The highest BCUT2D eigenvalue weighted by molar-refractivity contribution is 5.96. The molecule has 0 atom stereocenters. The van der Waals surface area contributed by atoms with E-state index in [4.69, 9.17) is 9.47 Å². The fourth-order valence-corrected chi connectivity index (χ4v) is 2.04. The van der Waals surface area contributed by atoms with Gasteiger partial charge in [0.15, 0.2) is 0 Å². The summed E-state index contributed by atoms with van der Waals surface area (Å²) >= 11 is 0. The second-order valence-corrected chi connectivity index (χ2v) is 5.21. The van der Waals surface area contributed by atoms with Crippen LogP contribution < -0.4 is 20.2 Å². The van der Waals surface area contributed by atoms with Gasteiger partial charge in [-0.25, -0.2) is 5.43 Å². The summed E-state index contributed by atoms with van der Waals surface area (Å²) in [5.74, 6) is 0.658. The number of hydrogen-bond acceptors (Lipinski definition) is 5. The van der Waals surface area contributed by atoms with Crippen molar-refractivity contribution in [3.8, 4) is 11.5 Å². The number of nitrogens with zero attached hydrogens (tertiary/aromatic N) is 1. The van der Waals surface area contributed by atoms with Gasteiger partial charge in [0.2, 0.25) is 0 Å². The van der Waals surface area contributed by atoms with Gasteiger partial charge in [0.1, 0.15) is 11.5 Å². The van der Waals surface area contributed by atoms with Crippen molar-refractivity contribution in [3.63, 3.8) is 0 Å². The molecular weight excluding hydrogens is 334 g/mol. The van der Waals surface area contributed by atoms with Crippen LogP contribution in [0.4, 0.5) is 0 Å². The van der Waals surface area contributed by atoms with Gasteiger partial charge in [0, 0.05) is 5.56 Å². The van der Waals surface area contributed by atoms with Gasteiger partial charge < -0.3 is 14.8 Å². The van der Waals surface area contributed by atoms with Crippen LogP contribution in [-0.2, 0) is 4.79 Å². The Morgan fingerprint density at radius 3 is 2.31 bits per heavy atom. The van der Waals surface area contributed by atoms with Crippen molar-refractivity contribution < 1.29 is 19.1 Å². The third kappa shape index (κ3) is 5.94. The highest BCUT2D eigenvalue weighted by Gasteiger charge is 2.07. The van der Waals surface area contributed by atoms with Gasteiger partial charge in [0.05, 0.1) is 26.5 Å². The first kappa shape index (κ1) is 19.0. The lowest BCUT2D eigenvalue weighted by atomic mass is 10.2. The molecule has 0 fully saturated rings. The molecule has 2 amide bonds. The van der Waals surface area contributed by atoms with E-state index >= 15 is 0 Å². The second-order valence-electron chi connectivity index (χ2n) is 5.21. The van der Waals surface area contributed by atoms with E-state index in [0.29, 0.717) is 17.9 Å². The molecule has 0 radical (unpaired) electrons. The van der Waals surface area contributed by atoms with Crippen molar-refractivity contribution in [1.29, 1.82) is 0 Å². The second kappa shape index (κ2) is 9.83. The SMILES string of the molecule is CCOc1ccc(/C=N/NC(=O)CNC(=O)c2ccc(OC)cc2)cc1. The Morgan fingerprint density at radius 1 is 1.04 bits per heavy atom. The summed E-state index contributed by atoms with van der Waals surface area (Å²) in [5, 5.41) is 6.38. The molecule has 0 aliphatic heterocycles. The molecule has 0 spiro atoms. The molecule has 7 nitrogen and oxygen atoms in total. The summed E-state index contributed by atoms with van der Waals surface area (Å²) in [6.07, 6.45) is 1.51. The number of hydrazone groups is 1. The van der Waals surface area contributed by atoms with E-state index < -0.39 is 5.91 Å². The number of carbonyl (C=O) groups is 2. The zero-order valence-corrected chi connectivity index (χ0v) is 14.7. The van der Waals surface area contributed by atoms with Crippen molar-refractivity contribution in [2.24, 2.45) is 5.10 Å². The van der Waals surface area contributed by atoms with Crippen molar-refractivity contribution in [3.05, 3.63) is 59.7 Å². The first-order valence-corrected chi connectivity index (χ1v) is 8.09. The van der Waals surface area contributed by atoms with E-state index in [1.807, 2.05) is 31.2 Å². The van der Waals surface area contributed by atoms with Gasteiger partial charge in [-0.15, -0.1) is 0 Å². The number of nitrogens with one attached hydrogen (secondary N) is 2. The van der Waals surface area contributed by atoms with E-state index in [1.54, 1.807) is 31.4 Å². The minimum atomic E-state index is -0.422. The third-order valence-corrected chi connectivity index (χ3v) is 3.36. The first-order valence-electron chi connectivity index (χ1n) is 8.09. The van der Waals surface area contributed by atoms with Gasteiger partial charge in [0.25, 0.3) is 11.8 Å². The minimum absolute atomic E-state index is 0.175. The maximum absolute atomic E-state index is 11.9. The van der Waals surface area contributed by atoms with E-state index in [9.17, 15) is 9.59 Å². The molecule has 2 aromatic carbocycles. The smallest absolute Gasteiger partial charge is 0.259 e. The van der Waals surface area contributed by atoms with Crippen LogP contribution in [0.1, 0.15) is 22.8 Å². The number of hydrogen-bond donors (Lipinski definition) is 2. The lowest BCUT2D eigenvalue weighted by Crippen LogP contribution is -2.34. The highest BCUT2D eigenvalue weighted by atomic mass is 16.5. The summed E-state index contributed by atoms with van der Waals surface area (Å²) in [6, 6.07) is 13.9. The zero-order chi connectivity index (χ0) is 18.8. The predicted molar refractivity (Wildman–Crippen MR) is 98.7 cm³/mol. The number of ether oxygens (including phenoxy) is 2. The first-order chi connectivity index (χ1) is 12.6. The lowest BCUT2D eigenvalue weighted by Gasteiger charge is -2.05. The van der Waals surface area contributed by atoms with Gasteiger partial charge in [-0.05, 0) is 61.0 Å². The Morgan fingerprint density at radius 2 is 1.69 bits per heavy atom. The Bertz CT molecular complexity index is 755. The molecular formula is C19H21N3O4. The molecule has 0 aliphatic rings. The molecule has 26 heavy (non-hydrogen) atoms. The Kier molecular flexibility index (Phi) is 7.17. The summed E-state index contributed by atoms with van der Waals surface area (Å²) in [7, 11) is 1.55. The molecule has 0 heterocycles. The molecule has 0 aromatic heterocycles. The van der Waals surface area contributed by atoms with Crippen LogP contribution in [0, 0.1) is 0 Å². The van der Waals surface area contributed by atoms with Crippen LogP contribution in [0.3, 0.4) is 0 Å². The highest BCUT2D eigenvalue weighted by Crippen LogP contribution is 2.11. The summed E-state index contributed by atoms with van der Waals surface area (Å²) in [4.78, 5) is 23.7. The van der Waals surface area contributed by atoms with Crippen LogP contribution in [0.25, 0.3) is 0 Å². The lowest BCUT2D eigenvalue weighted by molar-refractivity contribution is -0.120. The van der Waals surface area contributed by atoms with Gasteiger partial charge in [-0.2, -0.15) is 5.10 Å².